The Hall–Kier alpha value is -4.18. The first kappa shape index (κ1) is 24.9. The zero-order chi connectivity index (χ0) is 25.5. The van der Waals surface area contributed by atoms with Gasteiger partial charge in [0.25, 0.3) is 11.6 Å². The third-order valence-corrected chi connectivity index (χ3v) is 6.12. The number of benzene rings is 2. The van der Waals surface area contributed by atoms with Crippen molar-refractivity contribution in [1.29, 1.82) is 0 Å². The van der Waals surface area contributed by atoms with Crippen LogP contribution in [0.25, 0.3) is 0 Å². The third-order valence-electron chi connectivity index (χ3n) is 6.12. The number of methoxy groups -OCH3 is 2. The first-order valence-corrected chi connectivity index (χ1v) is 11.7. The highest BCUT2D eigenvalue weighted by Crippen LogP contribution is 2.26. The molecule has 10 heteroatoms. The Morgan fingerprint density at radius 3 is 2.50 bits per heavy atom. The lowest BCUT2D eigenvalue weighted by Gasteiger charge is -2.23. The van der Waals surface area contributed by atoms with E-state index >= 15 is 0 Å². The number of anilines is 2. The average molecular weight is 492 g/mol. The Labute approximate surface area is 209 Å². The van der Waals surface area contributed by atoms with E-state index in [1.54, 1.807) is 43.6 Å². The molecule has 2 aromatic carbocycles. The molecule has 0 atom stereocenters. The standard InChI is InChI=1S/C26H29N5O5/c1-35-22-9-10-23(24(16-22)36-2)26(32)28-20-6-11-25(27-17-20)30-13-3-12-29(14-15-30)18-19-4-7-21(8-5-19)31(33)34/h4-11,16-17H,3,12-15,18H2,1-2H3,(H,28,32). The summed E-state index contributed by atoms with van der Waals surface area (Å²) < 4.78 is 10.5. The molecule has 1 amide bonds. The minimum atomic E-state index is -0.382. The minimum Gasteiger partial charge on any atom is -0.497 e. The van der Waals surface area contributed by atoms with Gasteiger partial charge in [0.1, 0.15) is 17.3 Å². The number of nitro benzene ring substituents is 1. The number of nitrogens with one attached hydrogen (secondary N) is 1. The molecular weight excluding hydrogens is 462 g/mol. The summed E-state index contributed by atoms with van der Waals surface area (Å²) in [5, 5.41) is 13.7. The van der Waals surface area contributed by atoms with E-state index in [4.69, 9.17) is 9.47 Å². The molecule has 0 unspecified atom stereocenters. The average Bonchev–Trinajstić information content (AvgIpc) is 3.14. The van der Waals surface area contributed by atoms with Crippen molar-refractivity contribution in [3.8, 4) is 11.5 Å². The molecule has 0 aliphatic carbocycles. The van der Waals surface area contributed by atoms with Crippen molar-refractivity contribution in [1.82, 2.24) is 9.88 Å². The molecule has 2 heterocycles. The lowest BCUT2D eigenvalue weighted by atomic mass is 10.1. The SMILES string of the molecule is COc1ccc(C(=O)Nc2ccc(N3CCCN(Cc4ccc([N+](=O)[O-])cc4)CC3)nc2)c(OC)c1. The molecule has 0 bridgehead atoms. The Morgan fingerprint density at radius 1 is 1.03 bits per heavy atom. The first-order valence-electron chi connectivity index (χ1n) is 11.7. The van der Waals surface area contributed by atoms with Crippen molar-refractivity contribution >= 4 is 23.1 Å². The Balaban J connectivity index is 1.34. The molecule has 1 fully saturated rings. The molecule has 4 rings (SSSR count). The Bertz CT molecular complexity index is 1200. The highest BCUT2D eigenvalue weighted by Gasteiger charge is 2.18. The maximum Gasteiger partial charge on any atom is 0.269 e. The molecule has 36 heavy (non-hydrogen) atoms. The summed E-state index contributed by atoms with van der Waals surface area (Å²) in [6, 6.07) is 15.5. The number of amides is 1. The third kappa shape index (κ3) is 6.08. The van der Waals surface area contributed by atoms with Crippen LogP contribution >= 0.6 is 0 Å². The van der Waals surface area contributed by atoms with Gasteiger partial charge in [-0.15, -0.1) is 0 Å². The zero-order valence-electron chi connectivity index (χ0n) is 20.3. The monoisotopic (exact) mass is 491 g/mol. The van der Waals surface area contributed by atoms with E-state index in [1.165, 1.54) is 7.11 Å². The number of non-ortho nitro benzene ring substituents is 1. The summed E-state index contributed by atoms with van der Waals surface area (Å²) in [6.45, 7) is 4.23. The predicted octanol–water partition coefficient (Wildman–Crippen LogP) is 3.97. The van der Waals surface area contributed by atoms with Crippen LogP contribution in [0.3, 0.4) is 0 Å². The summed E-state index contributed by atoms with van der Waals surface area (Å²) in [6.07, 6.45) is 2.63. The molecule has 188 valence electrons. The Kier molecular flexibility index (Phi) is 7.96. The van der Waals surface area contributed by atoms with E-state index in [0.717, 1.165) is 50.5 Å². The van der Waals surface area contributed by atoms with Crippen LogP contribution in [0, 0.1) is 10.1 Å². The zero-order valence-corrected chi connectivity index (χ0v) is 20.3. The molecule has 1 N–H and O–H groups in total. The molecule has 1 aliphatic rings. The predicted molar refractivity (Wildman–Crippen MR) is 137 cm³/mol. The van der Waals surface area contributed by atoms with Crippen LogP contribution in [-0.4, -0.2) is 61.1 Å². The van der Waals surface area contributed by atoms with Crippen molar-refractivity contribution in [2.75, 3.05) is 50.6 Å². The smallest absolute Gasteiger partial charge is 0.269 e. The van der Waals surface area contributed by atoms with Gasteiger partial charge in [0.15, 0.2) is 0 Å². The fraction of sp³-hybridized carbons (Fsp3) is 0.308. The van der Waals surface area contributed by atoms with Gasteiger partial charge in [-0.05, 0) is 36.2 Å². The molecule has 1 aliphatic heterocycles. The van der Waals surface area contributed by atoms with Gasteiger partial charge in [0.05, 0.1) is 36.6 Å². The van der Waals surface area contributed by atoms with Crippen molar-refractivity contribution in [3.05, 3.63) is 82.0 Å². The van der Waals surface area contributed by atoms with Gasteiger partial charge in [-0.3, -0.25) is 19.8 Å². The van der Waals surface area contributed by atoms with Crippen molar-refractivity contribution < 1.29 is 19.2 Å². The van der Waals surface area contributed by atoms with Crippen LogP contribution in [-0.2, 0) is 6.54 Å². The number of hydrogen-bond donors (Lipinski definition) is 1. The van der Waals surface area contributed by atoms with E-state index in [0.29, 0.717) is 22.7 Å². The van der Waals surface area contributed by atoms with E-state index in [9.17, 15) is 14.9 Å². The number of pyridine rings is 1. The number of carbonyl (C=O) groups excluding carboxylic acids is 1. The summed E-state index contributed by atoms with van der Waals surface area (Å²) in [4.78, 5) is 32.4. The largest absolute Gasteiger partial charge is 0.497 e. The second-order valence-corrected chi connectivity index (χ2v) is 8.47. The van der Waals surface area contributed by atoms with Crippen LogP contribution in [0.5, 0.6) is 11.5 Å². The second kappa shape index (κ2) is 11.5. The normalized spacial score (nSPS) is 14.1. The van der Waals surface area contributed by atoms with E-state index in [-0.39, 0.29) is 16.5 Å². The van der Waals surface area contributed by atoms with Gasteiger partial charge in [-0.1, -0.05) is 12.1 Å². The topological polar surface area (TPSA) is 110 Å². The fourth-order valence-electron chi connectivity index (χ4n) is 4.17. The summed E-state index contributed by atoms with van der Waals surface area (Å²) in [5.41, 5.74) is 2.16. The van der Waals surface area contributed by atoms with E-state index < -0.39 is 0 Å². The number of aromatic nitrogens is 1. The quantitative estimate of drug-likeness (QED) is 0.372. The number of carbonyl (C=O) groups is 1. The maximum absolute atomic E-state index is 12.8. The molecule has 10 nitrogen and oxygen atoms in total. The molecule has 1 saturated heterocycles. The summed E-state index contributed by atoms with van der Waals surface area (Å²) >= 11 is 0. The van der Waals surface area contributed by atoms with Crippen LogP contribution < -0.4 is 19.7 Å². The molecule has 3 aromatic rings. The van der Waals surface area contributed by atoms with Gasteiger partial charge >= 0.3 is 0 Å². The molecule has 0 radical (unpaired) electrons. The van der Waals surface area contributed by atoms with Gasteiger partial charge in [0.2, 0.25) is 0 Å². The highest BCUT2D eigenvalue weighted by molar-refractivity contribution is 6.06. The number of nitro groups is 1. The Morgan fingerprint density at radius 2 is 1.83 bits per heavy atom. The van der Waals surface area contributed by atoms with Crippen LogP contribution in [0.4, 0.5) is 17.2 Å². The molecule has 0 saturated carbocycles. The van der Waals surface area contributed by atoms with Gasteiger partial charge in [-0.25, -0.2) is 4.98 Å². The maximum atomic E-state index is 12.8. The molecular formula is C26H29N5O5. The summed E-state index contributed by atoms with van der Waals surface area (Å²) in [5.74, 6) is 1.60. The number of ether oxygens (including phenoxy) is 2. The van der Waals surface area contributed by atoms with Crippen LogP contribution in [0.1, 0.15) is 22.3 Å². The van der Waals surface area contributed by atoms with Crippen molar-refractivity contribution in [3.63, 3.8) is 0 Å². The summed E-state index contributed by atoms with van der Waals surface area (Å²) in [7, 11) is 3.07. The number of rotatable bonds is 8. The molecule has 1 aromatic heterocycles. The molecule has 0 spiro atoms. The van der Waals surface area contributed by atoms with E-state index in [1.807, 2.05) is 24.3 Å². The van der Waals surface area contributed by atoms with E-state index in [2.05, 4.69) is 20.1 Å². The minimum absolute atomic E-state index is 0.106. The van der Waals surface area contributed by atoms with Crippen LogP contribution in [0.15, 0.2) is 60.8 Å². The lowest BCUT2D eigenvalue weighted by molar-refractivity contribution is -0.384. The van der Waals surface area contributed by atoms with Gasteiger partial charge in [0, 0.05) is 50.9 Å². The van der Waals surface area contributed by atoms with Crippen molar-refractivity contribution in [2.24, 2.45) is 0 Å². The second-order valence-electron chi connectivity index (χ2n) is 8.47. The lowest BCUT2D eigenvalue weighted by Crippen LogP contribution is -2.31. The highest BCUT2D eigenvalue weighted by atomic mass is 16.6. The van der Waals surface area contributed by atoms with Crippen molar-refractivity contribution in [2.45, 2.75) is 13.0 Å². The van der Waals surface area contributed by atoms with Gasteiger partial charge < -0.3 is 19.7 Å². The number of hydrogen-bond acceptors (Lipinski definition) is 8. The van der Waals surface area contributed by atoms with Gasteiger partial charge in [-0.2, -0.15) is 0 Å². The first-order chi connectivity index (χ1) is 17.5. The van der Waals surface area contributed by atoms with Crippen LogP contribution in [0.2, 0.25) is 0 Å². The fourth-order valence-corrected chi connectivity index (χ4v) is 4.17. The number of nitrogens with zero attached hydrogens (tertiary/aromatic N) is 4.